The smallest absolute Gasteiger partial charge is 0.408 e. The molecule has 0 bridgehead atoms. The number of nitrogens with zero attached hydrogens (tertiary/aromatic N) is 2. The van der Waals surface area contributed by atoms with E-state index in [4.69, 9.17) is 10.2 Å². The Labute approximate surface area is 122 Å². The highest BCUT2D eigenvalue weighted by atomic mass is 16.4. The first-order valence-electron chi connectivity index (χ1n) is 7.32. The summed E-state index contributed by atoms with van der Waals surface area (Å²) in [4.78, 5) is 26.2. The molecule has 1 fully saturated rings. The minimum atomic E-state index is -0.536. The average molecular weight is 289 g/mol. The molecule has 1 aliphatic rings. The van der Waals surface area contributed by atoms with Crippen LogP contribution in [0.2, 0.25) is 0 Å². The highest BCUT2D eigenvalue weighted by Gasteiger charge is 2.19. The summed E-state index contributed by atoms with van der Waals surface area (Å²) in [5.74, 6) is -0.587. The minimum Gasteiger partial charge on any atom is -0.408 e. The predicted octanol–water partition coefficient (Wildman–Crippen LogP) is 1.58. The van der Waals surface area contributed by atoms with E-state index in [1.807, 2.05) is 4.90 Å². The number of nitrogens with two attached hydrogens (primary N) is 1. The van der Waals surface area contributed by atoms with Crippen LogP contribution in [-0.4, -0.2) is 28.5 Å². The molecule has 1 aromatic heterocycles. The van der Waals surface area contributed by atoms with E-state index in [1.54, 1.807) is 18.2 Å². The van der Waals surface area contributed by atoms with E-state index in [0.29, 0.717) is 16.8 Å². The van der Waals surface area contributed by atoms with E-state index in [-0.39, 0.29) is 12.5 Å². The molecule has 3 rings (SSSR count). The Morgan fingerprint density at radius 3 is 2.62 bits per heavy atom. The summed E-state index contributed by atoms with van der Waals surface area (Å²) in [6.45, 7) is 1.51. The largest absolute Gasteiger partial charge is 0.420 e. The van der Waals surface area contributed by atoms with Crippen molar-refractivity contribution in [2.75, 3.05) is 18.8 Å². The molecule has 2 N–H and O–H groups in total. The van der Waals surface area contributed by atoms with Crippen LogP contribution in [-0.2, 0) is 11.3 Å². The number of para-hydroxylation sites is 1. The minimum absolute atomic E-state index is 0.0138. The Morgan fingerprint density at radius 1 is 1.19 bits per heavy atom. The zero-order valence-electron chi connectivity index (χ0n) is 11.9. The highest BCUT2D eigenvalue weighted by molar-refractivity contribution is 5.87. The number of fused-ring (bicyclic) bond motifs is 1. The van der Waals surface area contributed by atoms with Gasteiger partial charge in [0.1, 0.15) is 12.1 Å². The highest BCUT2D eigenvalue weighted by Crippen LogP contribution is 2.20. The van der Waals surface area contributed by atoms with Crippen molar-refractivity contribution in [1.29, 1.82) is 0 Å². The molecule has 1 saturated heterocycles. The molecule has 0 unspecified atom stereocenters. The molecule has 6 nitrogen and oxygen atoms in total. The average Bonchev–Trinajstić information content (AvgIpc) is 2.67. The summed E-state index contributed by atoms with van der Waals surface area (Å²) in [5, 5.41) is 0. The lowest BCUT2D eigenvalue weighted by Crippen LogP contribution is -2.36. The van der Waals surface area contributed by atoms with Crippen LogP contribution in [0.5, 0.6) is 0 Å². The second kappa shape index (κ2) is 5.63. The van der Waals surface area contributed by atoms with Gasteiger partial charge in [-0.25, -0.2) is 4.79 Å². The fourth-order valence-corrected chi connectivity index (χ4v) is 2.85. The molecule has 0 aliphatic carbocycles. The van der Waals surface area contributed by atoms with Gasteiger partial charge in [0.15, 0.2) is 5.58 Å². The van der Waals surface area contributed by atoms with Crippen molar-refractivity contribution in [2.24, 2.45) is 0 Å². The van der Waals surface area contributed by atoms with Gasteiger partial charge in [0.05, 0.1) is 5.69 Å². The van der Waals surface area contributed by atoms with E-state index in [2.05, 4.69) is 0 Å². The van der Waals surface area contributed by atoms with E-state index >= 15 is 0 Å². The molecule has 0 atom stereocenters. The SMILES string of the molecule is Nc1cccc2oc(=O)n(CC(=O)N3CCCCCC3)c12. The lowest BCUT2D eigenvalue weighted by Gasteiger charge is -2.20. The van der Waals surface area contributed by atoms with Crippen molar-refractivity contribution in [3.05, 3.63) is 28.7 Å². The Bertz CT molecular complexity index is 709. The molecule has 21 heavy (non-hydrogen) atoms. The van der Waals surface area contributed by atoms with Crippen molar-refractivity contribution in [2.45, 2.75) is 32.2 Å². The molecule has 112 valence electrons. The molecule has 1 amide bonds. The number of nitrogen functional groups attached to an aromatic ring is 1. The van der Waals surface area contributed by atoms with Crippen LogP contribution in [0, 0.1) is 0 Å². The van der Waals surface area contributed by atoms with Crippen LogP contribution in [0.3, 0.4) is 0 Å². The fourth-order valence-electron chi connectivity index (χ4n) is 2.85. The van der Waals surface area contributed by atoms with Gasteiger partial charge in [-0.2, -0.15) is 0 Å². The monoisotopic (exact) mass is 289 g/mol. The molecule has 0 radical (unpaired) electrons. The predicted molar refractivity (Wildman–Crippen MR) is 79.9 cm³/mol. The quantitative estimate of drug-likeness (QED) is 0.851. The maximum atomic E-state index is 12.4. The number of carbonyl (C=O) groups excluding carboxylic acids is 1. The zero-order valence-corrected chi connectivity index (χ0v) is 11.9. The Balaban J connectivity index is 1.89. The van der Waals surface area contributed by atoms with Gasteiger partial charge >= 0.3 is 5.76 Å². The van der Waals surface area contributed by atoms with Gasteiger partial charge in [0.25, 0.3) is 0 Å². The second-order valence-electron chi connectivity index (χ2n) is 5.44. The number of carbonyl (C=O) groups is 1. The van der Waals surface area contributed by atoms with Gasteiger partial charge in [-0.15, -0.1) is 0 Å². The van der Waals surface area contributed by atoms with E-state index in [0.717, 1.165) is 38.8 Å². The summed E-state index contributed by atoms with van der Waals surface area (Å²) in [6, 6.07) is 5.10. The zero-order chi connectivity index (χ0) is 14.8. The summed E-state index contributed by atoms with van der Waals surface area (Å²) in [6.07, 6.45) is 4.36. The van der Waals surface area contributed by atoms with Crippen LogP contribution in [0.4, 0.5) is 5.69 Å². The Hall–Kier alpha value is -2.24. The Kier molecular flexibility index (Phi) is 3.68. The Morgan fingerprint density at radius 2 is 1.90 bits per heavy atom. The number of aromatic nitrogens is 1. The summed E-state index contributed by atoms with van der Waals surface area (Å²) in [7, 11) is 0. The lowest BCUT2D eigenvalue weighted by molar-refractivity contribution is -0.131. The summed E-state index contributed by atoms with van der Waals surface area (Å²) in [5.41, 5.74) is 7.28. The van der Waals surface area contributed by atoms with Gasteiger partial charge in [-0.3, -0.25) is 9.36 Å². The molecule has 6 heteroatoms. The van der Waals surface area contributed by atoms with E-state index in [9.17, 15) is 9.59 Å². The number of hydrogen-bond acceptors (Lipinski definition) is 4. The van der Waals surface area contributed by atoms with Gasteiger partial charge in [-0.05, 0) is 25.0 Å². The van der Waals surface area contributed by atoms with Gasteiger partial charge in [0.2, 0.25) is 5.91 Å². The van der Waals surface area contributed by atoms with Crippen LogP contribution in [0.25, 0.3) is 11.1 Å². The molecule has 0 saturated carbocycles. The third-order valence-corrected chi connectivity index (χ3v) is 3.97. The standard InChI is InChI=1S/C15H19N3O3/c16-11-6-5-7-12-14(11)18(15(20)21-12)10-13(19)17-8-3-1-2-4-9-17/h5-7H,1-4,8-10,16H2. The van der Waals surface area contributed by atoms with Crippen LogP contribution >= 0.6 is 0 Å². The van der Waals surface area contributed by atoms with Crippen LogP contribution in [0.1, 0.15) is 25.7 Å². The van der Waals surface area contributed by atoms with Gasteiger partial charge < -0.3 is 15.1 Å². The summed E-state index contributed by atoms with van der Waals surface area (Å²) >= 11 is 0. The molecular formula is C15H19N3O3. The molecule has 1 aromatic carbocycles. The molecular weight excluding hydrogens is 270 g/mol. The normalized spacial score (nSPS) is 16.1. The second-order valence-corrected chi connectivity index (χ2v) is 5.44. The van der Waals surface area contributed by atoms with Crippen LogP contribution in [0.15, 0.2) is 27.4 Å². The molecule has 1 aliphatic heterocycles. The van der Waals surface area contributed by atoms with Gasteiger partial charge in [-0.1, -0.05) is 18.9 Å². The van der Waals surface area contributed by atoms with Crippen molar-refractivity contribution in [3.63, 3.8) is 0 Å². The topological polar surface area (TPSA) is 81.5 Å². The third kappa shape index (κ3) is 2.66. The molecule has 2 heterocycles. The van der Waals surface area contributed by atoms with Crippen LogP contribution < -0.4 is 11.5 Å². The molecule has 2 aromatic rings. The maximum absolute atomic E-state index is 12.4. The number of hydrogen-bond donors (Lipinski definition) is 1. The first kappa shape index (κ1) is 13.7. The first-order chi connectivity index (χ1) is 10.2. The third-order valence-electron chi connectivity index (χ3n) is 3.97. The van der Waals surface area contributed by atoms with E-state index < -0.39 is 5.76 Å². The van der Waals surface area contributed by atoms with Crippen molar-refractivity contribution >= 4 is 22.7 Å². The number of benzene rings is 1. The number of oxazole rings is 1. The van der Waals surface area contributed by atoms with Crippen molar-refractivity contribution in [3.8, 4) is 0 Å². The lowest BCUT2D eigenvalue weighted by atomic mass is 10.2. The number of anilines is 1. The first-order valence-corrected chi connectivity index (χ1v) is 7.32. The van der Waals surface area contributed by atoms with Gasteiger partial charge in [0, 0.05) is 13.1 Å². The number of rotatable bonds is 2. The maximum Gasteiger partial charge on any atom is 0.420 e. The van der Waals surface area contributed by atoms with E-state index in [1.165, 1.54) is 4.57 Å². The van der Waals surface area contributed by atoms with Crippen molar-refractivity contribution < 1.29 is 9.21 Å². The fraction of sp³-hybridized carbons (Fsp3) is 0.467. The molecule has 0 spiro atoms. The van der Waals surface area contributed by atoms with Crippen molar-refractivity contribution in [1.82, 2.24) is 9.47 Å². The summed E-state index contributed by atoms with van der Waals surface area (Å²) < 4.78 is 6.48. The number of amides is 1. The number of likely N-dealkylation sites (tertiary alicyclic amines) is 1.